The van der Waals surface area contributed by atoms with Gasteiger partial charge >= 0.3 is 5.97 Å². The minimum Gasteiger partial charge on any atom is -0.480 e. The van der Waals surface area contributed by atoms with Crippen molar-refractivity contribution < 1.29 is 24.3 Å². The quantitative estimate of drug-likeness (QED) is 0.0989. The summed E-state index contributed by atoms with van der Waals surface area (Å²) in [5, 5.41) is 18.6. The second-order valence-corrected chi connectivity index (χ2v) is 10.2. The van der Waals surface area contributed by atoms with E-state index in [-0.39, 0.29) is 25.0 Å². The standard InChI is InChI=1S/C29H33N7O5S/c30-21(15-42)26(37)34-23(11-18-13-32-22-9-5-4-8-20(18)22)27(38)35-24(12-19-14-31-16-33-19)28(39)36-25(29(40)41)10-17-6-2-1-3-7-17/h1-9,13-14,16,21,23-25,32,42H,10-12,15,30H2,(H,31,33)(H,34,37)(H,35,38)(H,36,39)(H,40,41). The highest BCUT2D eigenvalue weighted by molar-refractivity contribution is 7.80. The molecule has 220 valence electrons. The molecule has 0 saturated carbocycles. The molecule has 0 aliphatic carbocycles. The van der Waals surface area contributed by atoms with Gasteiger partial charge in [-0.15, -0.1) is 0 Å². The van der Waals surface area contributed by atoms with Gasteiger partial charge in [0, 0.05) is 54.0 Å². The number of carbonyl (C=O) groups is 4. The van der Waals surface area contributed by atoms with Crippen molar-refractivity contribution in [3.63, 3.8) is 0 Å². The molecule has 0 radical (unpaired) electrons. The van der Waals surface area contributed by atoms with E-state index in [9.17, 15) is 24.3 Å². The molecule has 0 spiro atoms. The highest BCUT2D eigenvalue weighted by Crippen LogP contribution is 2.19. The van der Waals surface area contributed by atoms with Crippen LogP contribution in [0.2, 0.25) is 0 Å². The number of rotatable bonds is 14. The van der Waals surface area contributed by atoms with Gasteiger partial charge in [0.25, 0.3) is 0 Å². The Bertz CT molecular complexity index is 1510. The number of carboxylic acid groups (broad SMARTS) is 1. The van der Waals surface area contributed by atoms with Gasteiger partial charge in [-0.25, -0.2) is 9.78 Å². The van der Waals surface area contributed by atoms with Crippen molar-refractivity contribution in [3.8, 4) is 0 Å². The van der Waals surface area contributed by atoms with E-state index < -0.39 is 47.9 Å². The largest absolute Gasteiger partial charge is 0.480 e. The maximum absolute atomic E-state index is 13.7. The molecule has 42 heavy (non-hydrogen) atoms. The van der Waals surface area contributed by atoms with Crippen molar-refractivity contribution >= 4 is 47.2 Å². The minimum atomic E-state index is -1.24. The predicted molar refractivity (Wildman–Crippen MR) is 160 cm³/mol. The van der Waals surface area contributed by atoms with E-state index >= 15 is 0 Å². The number of nitrogens with one attached hydrogen (secondary N) is 5. The van der Waals surface area contributed by atoms with E-state index in [4.69, 9.17) is 5.73 Å². The Labute approximate surface area is 247 Å². The van der Waals surface area contributed by atoms with Crippen LogP contribution in [0.5, 0.6) is 0 Å². The Morgan fingerprint density at radius 3 is 2.14 bits per heavy atom. The van der Waals surface area contributed by atoms with E-state index in [1.807, 2.05) is 30.3 Å². The molecule has 0 aliphatic rings. The zero-order chi connectivity index (χ0) is 30.1. The molecule has 0 fully saturated rings. The number of nitrogens with zero attached hydrogens (tertiary/aromatic N) is 1. The van der Waals surface area contributed by atoms with Gasteiger partial charge in [-0.2, -0.15) is 12.6 Å². The van der Waals surface area contributed by atoms with Crippen LogP contribution in [0.3, 0.4) is 0 Å². The van der Waals surface area contributed by atoms with Crippen LogP contribution in [-0.4, -0.2) is 73.7 Å². The molecule has 4 atom stereocenters. The zero-order valence-electron chi connectivity index (χ0n) is 22.6. The number of carbonyl (C=O) groups excluding carboxylic acids is 3. The average Bonchev–Trinajstić information content (AvgIpc) is 3.66. The van der Waals surface area contributed by atoms with Crippen molar-refractivity contribution in [2.24, 2.45) is 5.73 Å². The molecule has 2 heterocycles. The van der Waals surface area contributed by atoms with Crippen LogP contribution < -0.4 is 21.7 Å². The predicted octanol–water partition coefficient (Wildman–Crippen LogP) is 0.715. The fourth-order valence-electron chi connectivity index (χ4n) is 4.51. The highest BCUT2D eigenvalue weighted by atomic mass is 32.1. The van der Waals surface area contributed by atoms with E-state index in [1.165, 1.54) is 12.5 Å². The number of hydrogen-bond donors (Lipinski definition) is 8. The van der Waals surface area contributed by atoms with Crippen molar-refractivity contribution in [2.45, 2.75) is 43.4 Å². The molecule has 13 heteroatoms. The first-order valence-electron chi connectivity index (χ1n) is 13.3. The van der Waals surface area contributed by atoms with E-state index in [2.05, 4.69) is 43.5 Å². The van der Waals surface area contributed by atoms with E-state index in [1.54, 1.807) is 30.5 Å². The fourth-order valence-corrected chi connectivity index (χ4v) is 4.68. The topological polar surface area (TPSA) is 195 Å². The van der Waals surface area contributed by atoms with Crippen molar-refractivity contribution in [1.82, 2.24) is 30.9 Å². The number of aromatic nitrogens is 3. The van der Waals surface area contributed by atoms with Gasteiger partial charge < -0.3 is 36.8 Å². The first-order chi connectivity index (χ1) is 20.2. The lowest BCUT2D eigenvalue weighted by Gasteiger charge is -2.25. The number of nitrogens with two attached hydrogens (primary N) is 1. The lowest BCUT2D eigenvalue weighted by molar-refractivity contribution is -0.142. The molecular weight excluding hydrogens is 558 g/mol. The summed E-state index contributed by atoms with van der Waals surface area (Å²) in [5.74, 6) is -3.08. The second-order valence-electron chi connectivity index (χ2n) is 9.85. The molecule has 0 bridgehead atoms. The lowest BCUT2D eigenvalue weighted by atomic mass is 10.0. The highest BCUT2D eigenvalue weighted by Gasteiger charge is 2.31. The minimum absolute atomic E-state index is 0.000838. The normalized spacial score (nSPS) is 14.0. The second kappa shape index (κ2) is 14.3. The number of hydrogen-bond acceptors (Lipinski definition) is 7. The Morgan fingerprint density at radius 1 is 0.833 bits per heavy atom. The zero-order valence-corrected chi connectivity index (χ0v) is 23.5. The summed E-state index contributed by atoms with van der Waals surface area (Å²) in [4.78, 5) is 61.9. The van der Waals surface area contributed by atoms with Gasteiger partial charge in [-0.1, -0.05) is 48.5 Å². The van der Waals surface area contributed by atoms with Crippen molar-refractivity contribution in [2.75, 3.05) is 5.75 Å². The maximum atomic E-state index is 13.7. The fraction of sp³-hybridized carbons (Fsp3) is 0.276. The number of benzene rings is 2. The number of para-hydroxylation sites is 1. The Kier molecular flexibility index (Phi) is 10.3. The Hall–Kier alpha value is -4.62. The van der Waals surface area contributed by atoms with Gasteiger partial charge in [0.1, 0.15) is 18.1 Å². The van der Waals surface area contributed by atoms with Gasteiger partial charge in [0.15, 0.2) is 0 Å². The van der Waals surface area contributed by atoms with Crippen LogP contribution in [0.4, 0.5) is 0 Å². The van der Waals surface area contributed by atoms with Crippen LogP contribution in [0, 0.1) is 0 Å². The summed E-state index contributed by atoms with van der Waals surface area (Å²) in [6, 6.07) is 11.9. The molecule has 2 aromatic heterocycles. The molecule has 4 aromatic rings. The molecule has 12 nitrogen and oxygen atoms in total. The van der Waals surface area contributed by atoms with E-state index in [0.29, 0.717) is 5.69 Å². The summed E-state index contributed by atoms with van der Waals surface area (Å²) in [7, 11) is 0. The third-order valence-electron chi connectivity index (χ3n) is 6.77. The molecule has 4 unspecified atom stereocenters. The molecule has 8 N–H and O–H groups in total. The molecule has 0 aliphatic heterocycles. The van der Waals surface area contributed by atoms with Crippen LogP contribution in [0.25, 0.3) is 10.9 Å². The maximum Gasteiger partial charge on any atom is 0.326 e. The molecule has 4 rings (SSSR count). The van der Waals surface area contributed by atoms with E-state index in [0.717, 1.165) is 22.0 Å². The average molecular weight is 592 g/mol. The summed E-state index contributed by atoms with van der Waals surface area (Å²) in [6.45, 7) is 0. The molecule has 0 saturated heterocycles. The number of aromatic amines is 2. The Morgan fingerprint density at radius 2 is 1.48 bits per heavy atom. The van der Waals surface area contributed by atoms with Crippen molar-refractivity contribution in [3.05, 3.63) is 90.1 Å². The molecule has 2 aromatic carbocycles. The summed E-state index contributed by atoms with van der Waals surface area (Å²) in [6.07, 6.45) is 4.84. The van der Waals surface area contributed by atoms with Gasteiger partial charge in [-0.3, -0.25) is 14.4 Å². The van der Waals surface area contributed by atoms with Crippen LogP contribution in [0.1, 0.15) is 16.8 Å². The first-order valence-corrected chi connectivity index (χ1v) is 13.9. The summed E-state index contributed by atoms with van der Waals surface area (Å²) < 4.78 is 0. The first kappa shape index (κ1) is 30.3. The lowest BCUT2D eigenvalue weighted by Crippen LogP contribution is -2.58. The number of thiol groups is 1. The van der Waals surface area contributed by atoms with Crippen LogP contribution in [0.15, 0.2) is 73.3 Å². The number of aliphatic carboxylic acids is 1. The Balaban J connectivity index is 1.56. The number of amides is 3. The van der Waals surface area contributed by atoms with Gasteiger partial charge in [0.2, 0.25) is 17.7 Å². The smallest absolute Gasteiger partial charge is 0.326 e. The van der Waals surface area contributed by atoms with Gasteiger partial charge in [-0.05, 0) is 17.2 Å². The number of H-pyrrole nitrogens is 2. The summed E-state index contributed by atoms with van der Waals surface area (Å²) >= 11 is 4.08. The molecular formula is C29H33N7O5S. The third-order valence-corrected chi connectivity index (χ3v) is 7.17. The van der Waals surface area contributed by atoms with Crippen LogP contribution in [-0.2, 0) is 38.4 Å². The monoisotopic (exact) mass is 591 g/mol. The number of carboxylic acids is 1. The molecule has 3 amide bonds. The summed E-state index contributed by atoms with van der Waals surface area (Å²) in [5.41, 5.74) is 8.76. The SMILES string of the molecule is NC(CS)C(=O)NC(Cc1c[nH]c2ccccc12)C(=O)NC(Cc1cnc[nH]1)C(=O)NC(Cc1ccccc1)C(=O)O. The van der Waals surface area contributed by atoms with Crippen LogP contribution >= 0.6 is 12.6 Å². The number of fused-ring (bicyclic) bond motifs is 1. The van der Waals surface area contributed by atoms with Crippen molar-refractivity contribution in [1.29, 1.82) is 0 Å². The number of imidazole rings is 1. The third kappa shape index (κ3) is 7.98. The van der Waals surface area contributed by atoms with Gasteiger partial charge in [0.05, 0.1) is 12.4 Å².